The zero-order chi connectivity index (χ0) is 17.1. The van der Waals surface area contributed by atoms with E-state index in [9.17, 15) is 5.11 Å². The van der Waals surface area contributed by atoms with Gasteiger partial charge in [-0.05, 0) is 31.2 Å². The summed E-state index contributed by atoms with van der Waals surface area (Å²) in [5, 5.41) is 11.7. The number of fused-ring (bicyclic) bond motifs is 1. The number of aromatic nitrogens is 2. The van der Waals surface area contributed by atoms with Gasteiger partial charge in [-0.25, -0.2) is 4.98 Å². The van der Waals surface area contributed by atoms with Crippen LogP contribution in [0.15, 0.2) is 41.6 Å². The second-order valence-electron chi connectivity index (χ2n) is 5.41. The molecule has 0 fully saturated rings. The third-order valence-corrected chi connectivity index (χ3v) is 5.12. The van der Waals surface area contributed by atoms with Crippen molar-refractivity contribution >= 4 is 46.0 Å². The number of rotatable bonds is 6. The highest BCUT2D eigenvalue weighted by Crippen LogP contribution is 2.28. The first-order valence-electron chi connectivity index (χ1n) is 7.36. The van der Waals surface area contributed by atoms with Crippen molar-refractivity contribution in [3.63, 3.8) is 0 Å². The summed E-state index contributed by atoms with van der Waals surface area (Å²) in [7, 11) is 0. The number of imidazole rings is 1. The number of hydrogen-bond acceptors (Lipinski definition) is 4. The van der Waals surface area contributed by atoms with Crippen LogP contribution in [-0.2, 0) is 0 Å². The van der Waals surface area contributed by atoms with Crippen LogP contribution in [0, 0.1) is 6.92 Å². The molecule has 0 unspecified atom stereocenters. The SMILES string of the molecule is Cc1ccc(OC[C@@H](O)CSc2nc3cc(Cl)c(Cl)cc3[nH]2)cc1. The van der Waals surface area contributed by atoms with E-state index in [1.807, 2.05) is 31.2 Å². The van der Waals surface area contributed by atoms with E-state index < -0.39 is 6.10 Å². The van der Waals surface area contributed by atoms with Crippen molar-refractivity contribution in [1.82, 2.24) is 9.97 Å². The van der Waals surface area contributed by atoms with Gasteiger partial charge in [0.05, 0.1) is 27.2 Å². The summed E-state index contributed by atoms with van der Waals surface area (Å²) in [5.41, 5.74) is 2.73. The molecule has 0 bridgehead atoms. The molecular formula is C17H16Cl2N2O2S. The molecule has 3 rings (SSSR count). The van der Waals surface area contributed by atoms with Gasteiger partial charge < -0.3 is 14.8 Å². The molecule has 7 heteroatoms. The molecule has 1 heterocycles. The number of aryl methyl sites for hydroxylation is 1. The Balaban J connectivity index is 1.54. The topological polar surface area (TPSA) is 58.1 Å². The number of aliphatic hydroxyl groups excluding tert-OH is 1. The molecular weight excluding hydrogens is 367 g/mol. The molecule has 126 valence electrons. The van der Waals surface area contributed by atoms with Crippen LogP contribution >= 0.6 is 35.0 Å². The molecule has 3 aromatic rings. The van der Waals surface area contributed by atoms with Crippen molar-refractivity contribution in [2.45, 2.75) is 18.2 Å². The number of H-pyrrole nitrogens is 1. The van der Waals surface area contributed by atoms with Gasteiger partial charge in [0.25, 0.3) is 0 Å². The molecule has 0 spiro atoms. The first-order chi connectivity index (χ1) is 11.5. The molecule has 4 nitrogen and oxygen atoms in total. The van der Waals surface area contributed by atoms with Gasteiger partial charge in [0.15, 0.2) is 5.16 Å². The lowest BCUT2D eigenvalue weighted by Gasteiger charge is -2.11. The van der Waals surface area contributed by atoms with Gasteiger partial charge in [0, 0.05) is 5.75 Å². The van der Waals surface area contributed by atoms with E-state index in [1.165, 1.54) is 17.3 Å². The predicted molar refractivity (Wildman–Crippen MR) is 99.5 cm³/mol. The van der Waals surface area contributed by atoms with Crippen molar-refractivity contribution < 1.29 is 9.84 Å². The van der Waals surface area contributed by atoms with E-state index in [2.05, 4.69) is 9.97 Å². The third kappa shape index (κ3) is 4.36. The molecule has 0 amide bonds. The van der Waals surface area contributed by atoms with Crippen LogP contribution in [0.2, 0.25) is 10.0 Å². The average Bonchev–Trinajstić information content (AvgIpc) is 2.94. The Morgan fingerprint density at radius 3 is 2.67 bits per heavy atom. The number of benzene rings is 2. The lowest BCUT2D eigenvalue weighted by atomic mass is 10.2. The standard InChI is InChI=1S/C17H16Cl2N2O2S/c1-10-2-4-12(5-3-10)23-8-11(22)9-24-17-20-15-6-13(18)14(19)7-16(15)21-17/h2-7,11,22H,8-9H2,1H3,(H,20,21)/t11-/m1/s1. The number of aromatic amines is 1. The maximum atomic E-state index is 10.1. The van der Waals surface area contributed by atoms with E-state index >= 15 is 0 Å². The Morgan fingerprint density at radius 2 is 1.92 bits per heavy atom. The maximum Gasteiger partial charge on any atom is 0.166 e. The second-order valence-corrected chi connectivity index (χ2v) is 7.24. The summed E-state index contributed by atoms with van der Waals surface area (Å²) in [6.07, 6.45) is -0.600. The van der Waals surface area contributed by atoms with Gasteiger partial charge in [0.2, 0.25) is 0 Å². The fourth-order valence-corrected chi connectivity index (χ4v) is 3.21. The minimum atomic E-state index is -0.600. The maximum absolute atomic E-state index is 10.1. The number of halogens is 2. The molecule has 0 saturated carbocycles. The Bertz CT molecular complexity index is 797. The zero-order valence-corrected chi connectivity index (χ0v) is 15.3. The van der Waals surface area contributed by atoms with Crippen LogP contribution in [0.5, 0.6) is 5.75 Å². The molecule has 1 aromatic heterocycles. The van der Waals surface area contributed by atoms with Crippen molar-refractivity contribution in [3.05, 3.63) is 52.0 Å². The van der Waals surface area contributed by atoms with Crippen molar-refractivity contribution in [1.29, 1.82) is 0 Å². The molecule has 24 heavy (non-hydrogen) atoms. The van der Waals surface area contributed by atoms with Crippen molar-refractivity contribution in [2.24, 2.45) is 0 Å². The highest BCUT2D eigenvalue weighted by atomic mass is 35.5. The predicted octanol–water partition coefficient (Wildman–Crippen LogP) is 4.71. The third-order valence-electron chi connectivity index (χ3n) is 3.38. The van der Waals surface area contributed by atoms with Crippen molar-refractivity contribution in [3.8, 4) is 5.75 Å². The lowest BCUT2D eigenvalue weighted by Crippen LogP contribution is -2.20. The normalized spacial score (nSPS) is 12.5. The Morgan fingerprint density at radius 1 is 1.21 bits per heavy atom. The van der Waals surface area contributed by atoms with E-state index in [4.69, 9.17) is 27.9 Å². The summed E-state index contributed by atoms with van der Waals surface area (Å²) in [4.78, 5) is 7.58. The number of hydrogen-bond donors (Lipinski definition) is 2. The largest absolute Gasteiger partial charge is 0.491 e. The minimum Gasteiger partial charge on any atom is -0.491 e. The van der Waals surface area contributed by atoms with Crippen LogP contribution < -0.4 is 4.74 Å². The van der Waals surface area contributed by atoms with Gasteiger partial charge in [-0.1, -0.05) is 52.7 Å². The first kappa shape index (κ1) is 17.4. The highest BCUT2D eigenvalue weighted by molar-refractivity contribution is 7.99. The fraction of sp³-hybridized carbons (Fsp3) is 0.235. The quantitative estimate of drug-likeness (QED) is 0.606. The molecule has 0 aliphatic rings. The van der Waals surface area contributed by atoms with Crippen molar-refractivity contribution in [2.75, 3.05) is 12.4 Å². The van der Waals surface area contributed by atoms with Crippen LogP contribution in [0.25, 0.3) is 11.0 Å². The van der Waals surface area contributed by atoms with Crippen LogP contribution in [0.4, 0.5) is 0 Å². The van der Waals surface area contributed by atoms with E-state index in [1.54, 1.807) is 12.1 Å². The van der Waals surface area contributed by atoms with E-state index in [-0.39, 0.29) is 6.61 Å². The average molecular weight is 383 g/mol. The van der Waals surface area contributed by atoms with Crippen LogP contribution in [-0.4, -0.2) is 33.5 Å². The summed E-state index contributed by atoms with van der Waals surface area (Å²) >= 11 is 13.4. The number of ether oxygens (including phenoxy) is 1. The monoisotopic (exact) mass is 382 g/mol. The highest BCUT2D eigenvalue weighted by Gasteiger charge is 2.11. The summed E-state index contributed by atoms with van der Waals surface area (Å²) < 4.78 is 5.57. The Kier molecular flexibility index (Phi) is 5.56. The number of nitrogens with zero attached hydrogens (tertiary/aromatic N) is 1. The minimum absolute atomic E-state index is 0.230. The zero-order valence-electron chi connectivity index (χ0n) is 12.9. The van der Waals surface area contributed by atoms with Gasteiger partial charge in [-0.3, -0.25) is 0 Å². The molecule has 0 radical (unpaired) electrons. The van der Waals surface area contributed by atoms with Gasteiger partial charge in [0.1, 0.15) is 12.4 Å². The van der Waals surface area contributed by atoms with Gasteiger partial charge in [-0.15, -0.1) is 0 Å². The van der Waals surface area contributed by atoms with Gasteiger partial charge in [-0.2, -0.15) is 0 Å². The second kappa shape index (κ2) is 7.66. The molecule has 0 aliphatic heterocycles. The molecule has 0 saturated heterocycles. The molecule has 0 aliphatic carbocycles. The Hall–Kier alpha value is -1.40. The fourth-order valence-electron chi connectivity index (χ4n) is 2.10. The first-order valence-corrected chi connectivity index (χ1v) is 9.10. The molecule has 1 atom stereocenters. The number of thioether (sulfide) groups is 1. The van der Waals surface area contributed by atoms with Crippen LogP contribution in [0.1, 0.15) is 5.56 Å². The smallest absolute Gasteiger partial charge is 0.166 e. The summed E-state index contributed by atoms with van der Waals surface area (Å²) in [6, 6.07) is 11.2. The number of aliphatic hydroxyl groups is 1. The lowest BCUT2D eigenvalue weighted by molar-refractivity contribution is 0.126. The summed E-state index contributed by atoms with van der Waals surface area (Å²) in [6.45, 7) is 2.25. The van der Waals surface area contributed by atoms with E-state index in [0.717, 1.165) is 16.8 Å². The molecule has 2 aromatic carbocycles. The van der Waals surface area contributed by atoms with Crippen LogP contribution in [0.3, 0.4) is 0 Å². The molecule has 2 N–H and O–H groups in total. The summed E-state index contributed by atoms with van der Waals surface area (Å²) in [5.74, 6) is 1.21. The Labute approximate surface area is 154 Å². The van der Waals surface area contributed by atoms with E-state index in [0.29, 0.717) is 21.0 Å². The number of nitrogens with one attached hydrogen (secondary N) is 1. The van der Waals surface area contributed by atoms with Gasteiger partial charge >= 0.3 is 0 Å².